The van der Waals surface area contributed by atoms with Gasteiger partial charge in [-0.2, -0.15) is 0 Å². The van der Waals surface area contributed by atoms with Gasteiger partial charge in [0.15, 0.2) is 5.78 Å². The van der Waals surface area contributed by atoms with Crippen molar-refractivity contribution in [3.05, 3.63) is 70.8 Å². The number of hydrogen-bond acceptors (Lipinski definition) is 4. The molecular weight excluding hydrogens is 348 g/mol. The van der Waals surface area contributed by atoms with Gasteiger partial charge in [-0.25, -0.2) is 0 Å². The fourth-order valence-corrected chi connectivity index (χ4v) is 3.73. The van der Waals surface area contributed by atoms with E-state index in [0.717, 1.165) is 44.8 Å². The normalized spacial score (nSPS) is 16.8. The SMILES string of the molecule is COC(CN1CCN(CCC(=O)c2ccc(C)c(C)c2)CC1)c1ccccc1. The third-order valence-corrected chi connectivity index (χ3v) is 5.83. The second-order valence-electron chi connectivity index (χ2n) is 7.75. The van der Waals surface area contributed by atoms with E-state index in [-0.39, 0.29) is 11.9 Å². The third kappa shape index (κ3) is 5.51. The quantitative estimate of drug-likeness (QED) is 0.651. The Morgan fingerprint density at radius 3 is 2.29 bits per heavy atom. The van der Waals surface area contributed by atoms with Crippen LogP contribution in [0, 0.1) is 13.8 Å². The smallest absolute Gasteiger partial charge is 0.164 e. The molecule has 0 spiro atoms. The predicted octanol–water partition coefficient (Wildman–Crippen LogP) is 3.88. The van der Waals surface area contributed by atoms with Crippen LogP contribution < -0.4 is 0 Å². The minimum Gasteiger partial charge on any atom is -0.375 e. The highest BCUT2D eigenvalue weighted by atomic mass is 16.5. The number of aryl methyl sites for hydroxylation is 2. The standard InChI is InChI=1S/C24H32N2O2/c1-19-9-10-22(17-20(19)2)23(27)11-12-25-13-15-26(16-14-25)18-24(28-3)21-7-5-4-6-8-21/h4-10,17,24H,11-16,18H2,1-3H3. The molecule has 1 saturated heterocycles. The van der Waals surface area contributed by atoms with E-state index in [4.69, 9.17) is 4.74 Å². The van der Waals surface area contributed by atoms with Gasteiger partial charge in [0.25, 0.3) is 0 Å². The molecule has 1 unspecified atom stereocenters. The van der Waals surface area contributed by atoms with Gasteiger partial charge in [0.1, 0.15) is 0 Å². The van der Waals surface area contributed by atoms with E-state index in [1.165, 1.54) is 16.7 Å². The fraction of sp³-hybridized carbons (Fsp3) is 0.458. The van der Waals surface area contributed by atoms with Gasteiger partial charge in [-0.15, -0.1) is 0 Å². The van der Waals surface area contributed by atoms with Crippen molar-refractivity contribution in [2.75, 3.05) is 46.4 Å². The summed E-state index contributed by atoms with van der Waals surface area (Å²) < 4.78 is 5.71. The summed E-state index contributed by atoms with van der Waals surface area (Å²) in [7, 11) is 1.78. The number of benzene rings is 2. The maximum absolute atomic E-state index is 12.5. The van der Waals surface area contributed by atoms with Crippen molar-refractivity contribution >= 4 is 5.78 Å². The highest BCUT2D eigenvalue weighted by Gasteiger charge is 2.21. The number of nitrogens with zero attached hydrogens (tertiary/aromatic N) is 2. The van der Waals surface area contributed by atoms with Crippen LogP contribution in [0.15, 0.2) is 48.5 Å². The molecule has 0 N–H and O–H groups in total. The fourth-order valence-electron chi connectivity index (χ4n) is 3.73. The van der Waals surface area contributed by atoms with Gasteiger partial charge in [0.05, 0.1) is 6.10 Å². The summed E-state index contributed by atoms with van der Waals surface area (Å²) in [5.41, 5.74) is 4.49. The van der Waals surface area contributed by atoms with E-state index in [2.05, 4.69) is 47.9 Å². The largest absolute Gasteiger partial charge is 0.375 e. The summed E-state index contributed by atoms with van der Waals surface area (Å²) in [4.78, 5) is 17.4. The highest BCUT2D eigenvalue weighted by Crippen LogP contribution is 2.19. The lowest BCUT2D eigenvalue weighted by Crippen LogP contribution is -2.48. The van der Waals surface area contributed by atoms with Gasteiger partial charge in [-0.05, 0) is 36.6 Å². The van der Waals surface area contributed by atoms with Crippen molar-refractivity contribution in [1.29, 1.82) is 0 Å². The van der Waals surface area contributed by atoms with E-state index in [1.54, 1.807) is 7.11 Å². The summed E-state index contributed by atoms with van der Waals surface area (Å²) in [6.07, 6.45) is 0.701. The van der Waals surface area contributed by atoms with E-state index in [1.807, 2.05) is 24.3 Å². The Bertz CT molecular complexity index is 767. The van der Waals surface area contributed by atoms with Gasteiger partial charge in [-0.1, -0.05) is 42.5 Å². The average molecular weight is 381 g/mol. The molecule has 4 heteroatoms. The molecule has 1 atom stereocenters. The number of piperazine rings is 1. The van der Waals surface area contributed by atoms with Crippen LogP contribution in [0.5, 0.6) is 0 Å². The van der Waals surface area contributed by atoms with Crippen molar-refractivity contribution in [1.82, 2.24) is 9.80 Å². The molecule has 1 aliphatic rings. The average Bonchev–Trinajstić information content (AvgIpc) is 2.73. The Morgan fingerprint density at radius 2 is 1.64 bits per heavy atom. The van der Waals surface area contributed by atoms with Crippen LogP contribution in [-0.4, -0.2) is 62.0 Å². The first-order valence-electron chi connectivity index (χ1n) is 10.2. The van der Waals surface area contributed by atoms with Crippen LogP contribution in [-0.2, 0) is 4.74 Å². The molecule has 0 saturated carbocycles. The lowest BCUT2D eigenvalue weighted by atomic mass is 10.0. The molecular formula is C24H32N2O2. The number of methoxy groups -OCH3 is 1. The highest BCUT2D eigenvalue weighted by molar-refractivity contribution is 5.96. The minimum absolute atomic E-state index is 0.110. The summed E-state index contributed by atoms with van der Waals surface area (Å²) >= 11 is 0. The molecule has 2 aromatic carbocycles. The molecule has 1 fully saturated rings. The van der Waals surface area contributed by atoms with Crippen LogP contribution in [0.1, 0.15) is 39.6 Å². The topological polar surface area (TPSA) is 32.8 Å². The summed E-state index contributed by atoms with van der Waals surface area (Å²) in [6.45, 7) is 9.94. The van der Waals surface area contributed by atoms with E-state index in [9.17, 15) is 4.79 Å². The van der Waals surface area contributed by atoms with Crippen LogP contribution in [0.3, 0.4) is 0 Å². The Kier molecular flexibility index (Phi) is 7.37. The zero-order valence-electron chi connectivity index (χ0n) is 17.4. The molecule has 3 rings (SSSR count). The molecule has 1 heterocycles. The van der Waals surface area contributed by atoms with E-state index < -0.39 is 0 Å². The van der Waals surface area contributed by atoms with Crippen molar-refractivity contribution in [3.8, 4) is 0 Å². The first kappa shape index (κ1) is 20.7. The maximum atomic E-state index is 12.5. The molecule has 150 valence electrons. The molecule has 0 bridgehead atoms. The molecule has 0 aromatic heterocycles. The summed E-state index contributed by atoms with van der Waals surface area (Å²) in [5.74, 6) is 0.244. The van der Waals surface area contributed by atoms with Gasteiger partial charge in [0, 0.05) is 58.4 Å². The minimum atomic E-state index is 0.110. The van der Waals surface area contributed by atoms with Crippen molar-refractivity contribution in [2.45, 2.75) is 26.4 Å². The number of hydrogen-bond donors (Lipinski definition) is 0. The second kappa shape index (κ2) is 9.97. The third-order valence-electron chi connectivity index (χ3n) is 5.83. The first-order chi connectivity index (χ1) is 13.6. The van der Waals surface area contributed by atoms with Crippen molar-refractivity contribution < 1.29 is 9.53 Å². The number of Topliss-reactive ketones (excluding diaryl/α,β-unsaturated/α-hetero) is 1. The number of rotatable bonds is 8. The van der Waals surface area contributed by atoms with Gasteiger partial charge in [0.2, 0.25) is 0 Å². The molecule has 4 nitrogen and oxygen atoms in total. The van der Waals surface area contributed by atoms with Gasteiger partial charge < -0.3 is 9.64 Å². The van der Waals surface area contributed by atoms with Crippen molar-refractivity contribution in [3.63, 3.8) is 0 Å². The molecule has 28 heavy (non-hydrogen) atoms. The van der Waals surface area contributed by atoms with Crippen LogP contribution in [0.25, 0.3) is 0 Å². The summed E-state index contributed by atoms with van der Waals surface area (Å²) in [6, 6.07) is 16.4. The van der Waals surface area contributed by atoms with E-state index in [0.29, 0.717) is 6.42 Å². The Morgan fingerprint density at radius 1 is 0.964 bits per heavy atom. The molecule has 2 aromatic rings. The molecule has 1 aliphatic heterocycles. The Labute approximate surface area is 169 Å². The van der Waals surface area contributed by atoms with Crippen molar-refractivity contribution in [2.24, 2.45) is 0 Å². The lowest BCUT2D eigenvalue weighted by Gasteiger charge is -2.36. The summed E-state index contributed by atoms with van der Waals surface area (Å²) in [5, 5.41) is 0. The lowest BCUT2D eigenvalue weighted by molar-refractivity contribution is 0.0416. The zero-order valence-corrected chi connectivity index (χ0v) is 17.4. The van der Waals surface area contributed by atoms with Gasteiger partial charge >= 0.3 is 0 Å². The molecule has 0 aliphatic carbocycles. The molecule has 0 amide bonds. The zero-order chi connectivity index (χ0) is 19.9. The number of carbonyl (C=O) groups excluding carboxylic acids is 1. The maximum Gasteiger partial charge on any atom is 0.164 e. The monoisotopic (exact) mass is 380 g/mol. The second-order valence-corrected chi connectivity index (χ2v) is 7.75. The molecule has 0 radical (unpaired) electrons. The van der Waals surface area contributed by atoms with Crippen LogP contribution in [0.2, 0.25) is 0 Å². The number of carbonyl (C=O) groups is 1. The number of ether oxygens (including phenoxy) is 1. The Hall–Kier alpha value is -2.01. The van der Waals surface area contributed by atoms with Crippen LogP contribution in [0.4, 0.5) is 0 Å². The predicted molar refractivity (Wildman–Crippen MR) is 114 cm³/mol. The van der Waals surface area contributed by atoms with E-state index >= 15 is 0 Å². The van der Waals surface area contributed by atoms with Crippen LogP contribution >= 0.6 is 0 Å². The first-order valence-corrected chi connectivity index (χ1v) is 10.2. The Balaban J connectivity index is 1.43. The van der Waals surface area contributed by atoms with Gasteiger partial charge in [-0.3, -0.25) is 9.69 Å². The number of ketones is 1.